The number of unbranched alkanes of at least 4 members (excludes halogenated alkanes) is 9. The van der Waals surface area contributed by atoms with Gasteiger partial charge in [-0.05, 0) is 20.5 Å². The van der Waals surface area contributed by atoms with Crippen LogP contribution in [0.25, 0.3) is 0 Å². The van der Waals surface area contributed by atoms with Crippen molar-refractivity contribution >= 4 is 22.1 Å². The molecule has 0 bridgehead atoms. The van der Waals surface area contributed by atoms with Crippen LogP contribution >= 0.6 is 0 Å². The van der Waals surface area contributed by atoms with Gasteiger partial charge in [-0.3, -0.25) is 14.1 Å². The number of carbonyl (C=O) groups is 2. The number of hydrogen-bond donors (Lipinski definition) is 4. The van der Waals surface area contributed by atoms with E-state index in [4.69, 9.17) is 10.2 Å². The molecule has 27 heavy (non-hydrogen) atoms. The van der Waals surface area contributed by atoms with Crippen molar-refractivity contribution in [3.05, 3.63) is 0 Å². The highest BCUT2D eigenvalue weighted by Crippen LogP contribution is 2.29. The van der Waals surface area contributed by atoms with Gasteiger partial charge in [-0.25, -0.2) is 0 Å². The van der Waals surface area contributed by atoms with Gasteiger partial charge in [0, 0.05) is 0 Å². The summed E-state index contributed by atoms with van der Waals surface area (Å²) in [5, 5.41) is 20.7. The van der Waals surface area contributed by atoms with E-state index in [1.807, 2.05) is 14.1 Å². The van der Waals surface area contributed by atoms with E-state index in [-0.39, 0.29) is 6.42 Å². The maximum atomic E-state index is 11.4. The van der Waals surface area contributed by atoms with Crippen molar-refractivity contribution in [1.82, 2.24) is 5.32 Å². The van der Waals surface area contributed by atoms with Gasteiger partial charge in [0.15, 0.2) is 0 Å². The third-order valence-corrected chi connectivity index (χ3v) is 5.77. The average molecular weight is 412 g/mol. The fourth-order valence-corrected chi connectivity index (χ4v) is 3.67. The minimum Gasteiger partial charge on any atom is -0.481 e. The predicted octanol–water partition coefficient (Wildman–Crippen LogP) is 3.32. The van der Waals surface area contributed by atoms with Gasteiger partial charge in [-0.2, -0.15) is 8.42 Å². The van der Waals surface area contributed by atoms with Crippen LogP contribution in [0.1, 0.15) is 84.0 Å². The van der Waals surface area contributed by atoms with E-state index >= 15 is 0 Å². The summed E-state index contributed by atoms with van der Waals surface area (Å²) in [6.45, 7) is 2.16. The lowest BCUT2D eigenvalue weighted by Crippen LogP contribution is -2.48. The van der Waals surface area contributed by atoms with E-state index < -0.39 is 39.6 Å². The zero-order valence-electron chi connectivity index (χ0n) is 16.9. The minimum absolute atomic E-state index is 0.245. The van der Waals surface area contributed by atoms with E-state index in [0.717, 1.165) is 25.7 Å². The summed E-state index contributed by atoms with van der Waals surface area (Å²) in [5.74, 6) is -3.38. The summed E-state index contributed by atoms with van der Waals surface area (Å²) in [6, 6.07) is 0. The van der Waals surface area contributed by atoms with E-state index in [1.54, 1.807) is 0 Å². The first-order chi connectivity index (χ1) is 12.6. The van der Waals surface area contributed by atoms with E-state index in [2.05, 4.69) is 12.2 Å². The zero-order chi connectivity index (χ0) is 21.3. The smallest absolute Gasteiger partial charge is 0.328 e. The fourth-order valence-electron chi connectivity index (χ4n) is 2.74. The average Bonchev–Trinajstić information content (AvgIpc) is 2.54. The second kappa shape index (κ2) is 15.8. The number of carboxylic acids is 2. The lowest BCUT2D eigenvalue weighted by molar-refractivity contribution is -0.147. The van der Waals surface area contributed by atoms with Gasteiger partial charge in [-0.15, -0.1) is 0 Å². The Labute approximate surface area is 163 Å². The monoisotopic (exact) mass is 411 g/mol. The number of nitrogens with one attached hydrogen (secondary N) is 1. The maximum absolute atomic E-state index is 11.4. The van der Waals surface area contributed by atoms with E-state index in [0.29, 0.717) is 6.42 Å². The van der Waals surface area contributed by atoms with Crippen LogP contribution in [-0.2, 0) is 19.7 Å². The molecule has 0 spiro atoms. The largest absolute Gasteiger partial charge is 0.481 e. The maximum Gasteiger partial charge on any atom is 0.328 e. The van der Waals surface area contributed by atoms with Gasteiger partial charge in [0.25, 0.3) is 10.1 Å². The molecule has 1 atom stereocenters. The van der Waals surface area contributed by atoms with E-state index in [9.17, 15) is 22.6 Å². The second-order valence-electron chi connectivity index (χ2n) is 6.78. The third kappa shape index (κ3) is 12.8. The van der Waals surface area contributed by atoms with Gasteiger partial charge in [-0.1, -0.05) is 71.1 Å². The molecule has 0 saturated heterocycles. The molecule has 0 aliphatic rings. The SMILES string of the molecule is CCCCCCCCCCCCC(CC(=O)O)(C(=O)O)S(=O)(=O)O.CNC. The van der Waals surface area contributed by atoms with Gasteiger partial charge in [0.2, 0.25) is 4.75 Å². The van der Waals surface area contributed by atoms with Gasteiger partial charge in [0.05, 0.1) is 6.42 Å². The summed E-state index contributed by atoms with van der Waals surface area (Å²) >= 11 is 0. The molecule has 0 aromatic rings. The molecule has 8 nitrogen and oxygen atoms in total. The Bertz CT molecular complexity index is 508. The Kier molecular flexibility index (Phi) is 16.4. The summed E-state index contributed by atoms with van der Waals surface area (Å²) in [6.07, 6.45) is 8.27. The molecule has 0 aromatic carbocycles. The topological polar surface area (TPSA) is 141 Å². The van der Waals surface area contributed by atoms with Crippen LogP contribution < -0.4 is 5.32 Å². The summed E-state index contributed by atoms with van der Waals surface area (Å²) in [7, 11) is -1.26. The number of aliphatic carboxylic acids is 2. The standard InChI is InChI=1S/C16H30O7S.C2H7N/c1-2-3-4-5-6-7-8-9-10-11-12-16(15(19)20,13-14(17)18)24(21,22)23;1-3-2/h2-13H2,1H3,(H,17,18)(H,19,20)(H,21,22,23);3H,1-2H3. The van der Waals surface area contributed by atoms with Gasteiger partial charge in [0.1, 0.15) is 0 Å². The molecule has 1 unspecified atom stereocenters. The van der Waals surface area contributed by atoms with Gasteiger partial charge < -0.3 is 15.5 Å². The third-order valence-electron chi connectivity index (χ3n) is 4.25. The number of hydrogen-bond acceptors (Lipinski definition) is 5. The molecule has 0 fully saturated rings. The van der Waals surface area contributed by atoms with Crippen molar-refractivity contribution in [2.45, 2.75) is 88.7 Å². The highest BCUT2D eigenvalue weighted by Gasteiger charge is 2.51. The van der Waals surface area contributed by atoms with Crippen LogP contribution in [0.15, 0.2) is 0 Å². The summed E-state index contributed by atoms with van der Waals surface area (Å²) < 4.78 is 29.4. The van der Waals surface area contributed by atoms with Crippen molar-refractivity contribution < 1.29 is 32.8 Å². The fraction of sp³-hybridized carbons (Fsp3) is 0.889. The van der Waals surface area contributed by atoms with Crippen molar-refractivity contribution in [3.63, 3.8) is 0 Å². The second-order valence-corrected chi connectivity index (χ2v) is 8.51. The minimum atomic E-state index is -5.01. The van der Waals surface area contributed by atoms with Crippen molar-refractivity contribution in [2.75, 3.05) is 14.1 Å². The van der Waals surface area contributed by atoms with Crippen LogP contribution in [0.3, 0.4) is 0 Å². The van der Waals surface area contributed by atoms with Crippen LogP contribution in [0.5, 0.6) is 0 Å². The Morgan fingerprint density at radius 3 is 1.52 bits per heavy atom. The molecular formula is C18H37NO7S. The first-order valence-electron chi connectivity index (χ1n) is 9.59. The molecule has 0 aromatic heterocycles. The summed E-state index contributed by atoms with van der Waals surface area (Å²) in [4.78, 5) is 22.1. The van der Waals surface area contributed by atoms with Crippen molar-refractivity contribution in [3.8, 4) is 0 Å². The first-order valence-corrected chi connectivity index (χ1v) is 11.0. The molecular weight excluding hydrogens is 374 g/mol. The normalized spacial score (nSPS) is 13.3. The molecule has 0 radical (unpaired) electrons. The van der Waals surface area contributed by atoms with Crippen LogP contribution in [0, 0.1) is 0 Å². The van der Waals surface area contributed by atoms with Crippen LogP contribution in [0.2, 0.25) is 0 Å². The first kappa shape index (κ1) is 28.0. The lowest BCUT2D eigenvalue weighted by Gasteiger charge is -2.24. The zero-order valence-corrected chi connectivity index (χ0v) is 17.7. The molecule has 0 aliphatic carbocycles. The highest BCUT2D eigenvalue weighted by molar-refractivity contribution is 7.88. The Hall–Kier alpha value is -1.19. The van der Waals surface area contributed by atoms with Crippen molar-refractivity contribution in [1.29, 1.82) is 0 Å². The Balaban J connectivity index is 0. The predicted molar refractivity (Wildman–Crippen MR) is 106 cm³/mol. The highest BCUT2D eigenvalue weighted by atomic mass is 32.2. The number of rotatable bonds is 15. The van der Waals surface area contributed by atoms with Crippen molar-refractivity contribution in [2.24, 2.45) is 0 Å². The molecule has 0 heterocycles. The van der Waals surface area contributed by atoms with E-state index in [1.165, 1.54) is 25.7 Å². The molecule has 162 valence electrons. The molecule has 4 N–H and O–H groups in total. The van der Waals surface area contributed by atoms with Crippen LogP contribution in [0.4, 0.5) is 0 Å². The Morgan fingerprint density at radius 2 is 1.22 bits per heavy atom. The quantitative estimate of drug-likeness (QED) is 0.237. The Morgan fingerprint density at radius 1 is 0.852 bits per heavy atom. The molecule has 9 heteroatoms. The lowest BCUT2D eigenvalue weighted by atomic mass is 9.96. The molecule has 0 saturated carbocycles. The van der Waals surface area contributed by atoms with Gasteiger partial charge >= 0.3 is 11.9 Å². The number of carboxylic acid groups (broad SMARTS) is 2. The molecule has 0 amide bonds. The molecule has 0 aliphatic heterocycles. The summed E-state index contributed by atoms with van der Waals surface area (Å²) in [5.41, 5.74) is 0. The molecule has 0 rings (SSSR count). The van der Waals surface area contributed by atoms with Crippen LogP contribution in [-0.4, -0.2) is 54.0 Å².